The molecule has 0 aliphatic carbocycles. The Morgan fingerprint density at radius 1 is 1.11 bits per heavy atom. The summed E-state index contributed by atoms with van der Waals surface area (Å²) in [6.45, 7) is 12.4. The SMILES string of the molecule is CC(C)CCCOCC(C)(C)COCCCNC=O. The third kappa shape index (κ3) is 13.6. The third-order valence-electron chi connectivity index (χ3n) is 2.75. The van der Waals surface area contributed by atoms with Gasteiger partial charge in [-0.1, -0.05) is 27.7 Å². The van der Waals surface area contributed by atoms with Crippen LogP contribution in [0.5, 0.6) is 0 Å². The summed E-state index contributed by atoms with van der Waals surface area (Å²) in [6, 6.07) is 0. The lowest BCUT2D eigenvalue weighted by Gasteiger charge is -2.24. The zero-order valence-corrected chi connectivity index (χ0v) is 13.0. The average Bonchev–Trinajstić information content (AvgIpc) is 2.32. The van der Waals surface area contributed by atoms with Gasteiger partial charge in [0.1, 0.15) is 0 Å². The van der Waals surface area contributed by atoms with Crippen LogP contribution in [-0.2, 0) is 14.3 Å². The van der Waals surface area contributed by atoms with E-state index in [0.717, 1.165) is 38.4 Å². The monoisotopic (exact) mass is 273 g/mol. The number of rotatable bonds is 13. The molecule has 0 bridgehead atoms. The molecule has 1 amide bonds. The first-order valence-electron chi connectivity index (χ1n) is 7.30. The Morgan fingerprint density at radius 3 is 2.21 bits per heavy atom. The molecule has 0 atom stereocenters. The van der Waals surface area contributed by atoms with Crippen molar-refractivity contribution in [2.75, 3.05) is 33.0 Å². The molecule has 19 heavy (non-hydrogen) atoms. The first kappa shape index (κ1) is 18.4. The van der Waals surface area contributed by atoms with Gasteiger partial charge in [0, 0.05) is 25.2 Å². The van der Waals surface area contributed by atoms with Gasteiger partial charge in [-0.05, 0) is 25.2 Å². The van der Waals surface area contributed by atoms with Crippen molar-refractivity contribution in [2.24, 2.45) is 11.3 Å². The van der Waals surface area contributed by atoms with E-state index in [-0.39, 0.29) is 5.41 Å². The molecule has 114 valence electrons. The molecule has 0 aromatic carbocycles. The molecule has 0 radical (unpaired) electrons. The topological polar surface area (TPSA) is 47.6 Å². The quantitative estimate of drug-likeness (QED) is 0.414. The molecular weight excluding hydrogens is 242 g/mol. The fourth-order valence-corrected chi connectivity index (χ4v) is 1.67. The van der Waals surface area contributed by atoms with Crippen LogP contribution in [0.15, 0.2) is 0 Å². The molecule has 0 rings (SSSR count). The van der Waals surface area contributed by atoms with E-state index in [1.165, 1.54) is 6.42 Å². The van der Waals surface area contributed by atoms with Crippen LogP contribution >= 0.6 is 0 Å². The van der Waals surface area contributed by atoms with Gasteiger partial charge >= 0.3 is 0 Å². The molecule has 0 spiro atoms. The second-order valence-corrected chi connectivity index (χ2v) is 6.23. The number of carbonyl (C=O) groups excluding carboxylic acids is 1. The summed E-state index contributed by atoms with van der Waals surface area (Å²) in [7, 11) is 0. The number of nitrogens with one attached hydrogen (secondary N) is 1. The Hall–Kier alpha value is -0.610. The summed E-state index contributed by atoms with van der Waals surface area (Å²) in [6.07, 6.45) is 3.92. The standard InChI is InChI=1S/C15H31NO3/c1-14(2)7-5-9-18-11-15(3,4)12-19-10-6-8-16-13-17/h13-14H,5-12H2,1-4H3,(H,16,17). The highest BCUT2D eigenvalue weighted by Gasteiger charge is 2.18. The van der Waals surface area contributed by atoms with E-state index >= 15 is 0 Å². The highest BCUT2D eigenvalue weighted by molar-refractivity contribution is 5.45. The highest BCUT2D eigenvalue weighted by atomic mass is 16.5. The zero-order chi connectivity index (χ0) is 14.6. The van der Waals surface area contributed by atoms with Crippen LogP contribution in [-0.4, -0.2) is 39.4 Å². The summed E-state index contributed by atoms with van der Waals surface area (Å²) >= 11 is 0. The molecule has 0 saturated heterocycles. The molecular formula is C15H31NO3. The summed E-state index contributed by atoms with van der Waals surface area (Å²) in [5.41, 5.74) is 0.0515. The van der Waals surface area contributed by atoms with E-state index in [2.05, 4.69) is 33.0 Å². The van der Waals surface area contributed by atoms with E-state index in [4.69, 9.17) is 9.47 Å². The van der Waals surface area contributed by atoms with Crippen molar-refractivity contribution >= 4 is 6.41 Å². The van der Waals surface area contributed by atoms with Gasteiger partial charge in [0.25, 0.3) is 0 Å². The molecule has 0 aliphatic rings. The van der Waals surface area contributed by atoms with Gasteiger partial charge in [0.2, 0.25) is 6.41 Å². The largest absolute Gasteiger partial charge is 0.381 e. The molecule has 0 aromatic rings. The van der Waals surface area contributed by atoms with Crippen LogP contribution in [0.25, 0.3) is 0 Å². The van der Waals surface area contributed by atoms with E-state index in [1.807, 2.05) is 0 Å². The lowest BCUT2D eigenvalue weighted by atomic mass is 9.96. The number of hydrogen-bond donors (Lipinski definition) is 1. The Labute approximate surface area is 118 Å². The van der Waals surface area contributed by atoms with Crippen LogP contribution < -0.4 is 5.32 Å². The number of carbonyl (C=O) groups is 1. The smallest absolute Gasteiger partial charge is 0.207 e. The molecule has 0 heterocycles. The van der Waals surface area contributed by atoms with Crippen molar-refractivity contribution in [3.8, 4) is 0 Å². The summed E-state index contributed by atoms with van der Waals surface area (Å²) in [5.74, 6) is 0.750. The molecule has 0 aromatic heterocycles. The van der Waals surface area contributed by atoms with Gasteiger partial charge in [-0.25, -0.2) is 0 Å². The van der Waals surface area contributed by atoms with Crippen LogP contribution in [0.2, 0.25) is 0 Å². The minimum atomic E-state index is 0.0515. The van der Waals surface area contributed by atoms with Gasteiger partial charge in [-0.15, -0.1) is 0 Å². The van der Waals surface area contributed by atoms with Crippen LogP contribution in [0.4, 0.5) is 0 Å². The van der Waals surface area contributed by atoms with Crippen LogP contribution in [0.3, 0.4) is 0 Å². The predicted molar refractivity (Wildman–Crippen MR) is 78.2 cm³/mol. The van der Waals surface area contributed by atoms with E-state index in [9.17, 15) is 4.79 Å². The predicted octanol–water partition coefficient (Wildman–Crippen LogP) is 2.62. The maximum absolute atomic E-state index is 10.0. The number of ether oxygens (including phenoxy) is 2. The minimum absolute atomic E-state index is 0.0515. The molecule has 4 nitrogen and oxygen atoms in total. The van der Waals surface area contributed by atoms with Crippen molar-refractivity contribution in [3.05, 3.63) is 0 Å². The second kappa shape index (κ2) is 11.2. The lowest BCUT2D eigenvalue weighted by Crippen LogP contribution is -2.26. The molecule has 0 saturated carbocycles. The molecule has 0 unspecified atom stereocenters. The van der Waals surface area contributed by atoms with Crippen molar-refractivity contribution in [3.63, 3.8) is 0 Å². The molecule has 0 aliphatic heterocycles. The molecule has 0 fully saturated rings. The maximum Gasteiger partial charge on any atom is 0.207 e. The Morgan fingerprint density at radius 2 is 1.68 bits per heavy atom. The Kier molecular flexibility index (Phi) is 10.9. The van der Waals surface area contributed by atoms with E-state index < -0.39 is 0 Å². The summed E-state index contributed by atoms with van der Waals surface area (Å²) < 4.78 is 11.3. The van der Waals surface area contributed by atoms with Crippen LogP contribution in [0.1, 0.15) is 47.0 Å². The van der Waals surface area contributed by atoms with Crippen molar-refractivity contribution in [1.82, 2.24) is 5.32 Å². The molecule has 1 N–H and O–H groups in total. The summed E-state index contributed by atoms with van der Waals surface area (Å²) in [5, 5.41) is 2.62. The van der Waals surface area contributed by atoms with E-state index in [1.54, 1.807) is 0 Å². The fraction of sp³-hybridized carbons (Fsp3) is 0.933. The number of hydrogen-bond acceptors (Lipinski definition) is 3. The van der Waals surface area contributed by atoms with Gasteiger partial charge in [-0.3, -0.25) is 4.79 Å². The van der Waals surface area contributed by atoms with Crippen molar-refractivity contribution in [2.45, 2.75) is 47.0 Å². The fourth-order valence-electron chi connectivity index (χ4n) is 1.67. The first-order chi connectivity index (χ1) is 8.98. The highest BCUT2D eigenvalue weighted by Crippen LogP contribution is 2.16. The minimum Gasteiger partial charge on any atom is -0.381 e. The average molecular weight is 273 g/mol. The van der Waals surface area contributed by atoms with Gasteiger partial charge < -0.3 is 14.8 Å². The molecule has 4 heteroatoms. The normalized spacial score (nSPS) is 11.8. The lowest BCUT2D eigenvalue weighted by molar-refractivity contribution is -0.109. The van der Waals surface area contributed by atoms with Gasteiger partial charge in [0.05, 0.1) is 13.2 Å². The summed E-state index contributed by atoms with van der Waals surface area (Å²) in [4.78, 5) is 10.0. The maximum atomic E-state index is 10.0. The Balaban J connectivity index is 3.44. The van der Waals surface area contributed by atoms with Gasteiger partial charge in [-0.2, -0.15) is 0 Å². The van der Waals surface area contributed by atoms with Crippen molar-refractivity contribution < 1.29 is 14.3 Å². The first-order valence-corrected chi connectivity index (χ1v) is 7.30. The zero-order valence-electron chi connectivity index (χ0n) is 13.0. The van der Waals surface area contributed by atoms with Crippen LogP contribution in [0, 0.1) is 11.3 Å². The van der Waals surface area contributed by atoms with Gasteiger partial charge in [0.15, 0.2) is 0 Å². The third-order valence-corrected chi connectivity index (χ3v) is 2.75. The van der Waals surface area contributed by atoms with Crippen molar-refractivity contribution in [1.29, 1.82) is 0 Å². The second-order valence-electron chi connectivity index (χ2n) is 6.23. The number of amides is 1. The van der Waals surface area contributed by atoms with E-state index in [0.29, 0.717) is 19.8 Å². The Bertz CT molecular complexity index is 217.